The maximum Gasteiger partial charge on any atom is 0.173 e. The molecule has 0 spiro atoms. The van der Waals surface area contributed by atoms with E-state index in [9.17, 15) is 4.39 Å². The summed E-state index contributed by atoms with van der Waals surface area (Å²) in [5.41, 5.74) is 0. The molecule has 5 heteroatoms. The Bertz CT molecular complexity index is 543. The predicted molar refractivity (Wildman–Crippen MR) is 76.5 cm³/mol. The fourth-order valence-corrected chi connectivity index (χ4v) is 2.08. The zero-order chi connectivity index (χ0) is 13.7. The van der Waals surface area contributed by atoms with Gasteiger partial charge in [-0.15, -0.1) is 0 Å². The quantitative estimate of drug-likeness (QED) is 0.731. The van der Waals surface area contributed by atoms with Crippen molar-refractivity contribution >= 4 is 27.5 Å². The number of ether oxygens (including phenoxy) is 2. The molecule has 0 aromatic heterocycles. The van der Waals surface area contributed by atoms with Crippen LogP contribution >= 0.6 is 27.5 Å². The maximum absolute atomic E-state index is 13.4. The fourth-order valence-electron chi connectivity index (χ4n) is 1.48. The Balaban J connectivity index is 1.84. The van der Waals surface area contributed by atoms with Gasteiger partial charge in [0, 0.05) is 4.47 Å². The Kier molecular flexibility index (Phi) is 5.05. The normalized spacial score (nSPS) is 10.3. The first-order valence-electron chi connectivity index (χ1n) is 5.62. The zero-order valence-electron chi connectivity index (χ0n) is 9.91. The van der Waals surface area contributed by atoms with Crippen LogP contribution in [0.2, 0.25) is 5.02 Å². The molecule has 0 aliphatic rings. The SMILES string of the molecule is Fc1cccc(Cl)c1OCCOc1cccc(Br)c1. The van der Waals surface area contributed by atoms with Crippen molar-refractivity contribution in [3.8, 4) is 11.5 Å². The number of rotatable bonds is 5. The molecule has 2 aromatic rings. The van der Waals surface area contributed by atoms with Crippen LogP contribution in [-0.2, 0) is 0 Å². The van der Waals surface area contributed by atoms with E-state index in [4.69, 9.17) is 21.1 Å². The highest BCUT2D eigenvalue weighted by Gasteiger charge is 2.07. The van der Waals surface area contributed by atoms with Gasteiger partial charge in [0.2, 0.25) is 0 Å². The van der Waals surface area contributed by atoms with Crippen molar-refractivity contribution < 1.29 is 13.9 Å². The fraction of sp³-hybridized carbons (Fsp3) is 0.143. The summed E-state index contributed by atoms with van der Waals surface area (Å²) in [5, 5.41) is 0.252. The Morgan fingerprint density at radius 1 is 1.05 bits per heavy atom. The number of para-hydroxylation sites is 1. The summed E-state index contributed by atoms with van der Waals surface area (Å²) >= 11 is 9.18. The van der Waals surface area contributed by atoms with Gasteiger partial charge < -0.3 is 9.47 Å². The monoisotopic (exact) mass is 344 g/mol. The van der Waals surface area contributed by atoms with Gasteiger partial charge in [-0.1, -0.05) is 39.7 Å². The van der Waals surface area contributed by atoms with E-state index in [0.29, 0.717) is 6.61 Å². The molecule has 0 N–H and O–H groups in total. The molecule has 0 radical (unpaired) electrons. The standard InChI is InChI=1S/C14H11BrClFO2/c15-10-3-1-4-11(9-10)18-7-8-19-14-12(16)5-2-6-13(14)17/h1-6,9H,7-8H2. The molecule has 0 unspecified atom stereocenters. The van der Waals surface area contributed by atoms with Crippen molar-refractivity contribution in [3.63, 3.8) is 0 Å². The van der Waals surface area contributed by atoms with Gasteiger partial charge in [0.15, 0.2) is 11.6 Å². The molecule has 0 atom stereocenters. The Morgan fingerprint density at radius 2 is 1.79 bits per heavy atom. The van der Waals surface area contributed by atoms with E-state index in [2.05, 4.69) is 15.9 Å². The molecule has 2 aromatic carbocycles. The van der Waals surface area contributed by atoms with Crippen LogP contribution in [0, 0.1) is 5.82 Å². The third kappa shape index (κ3) is 4.11. The number of benzene rings is 2. The van der Waals surface area contributed by atoms with E-state index in [0.717, 1.165) is 10.2 Å². The second kappa shape index (κ2) is 6.78. The largest absolute Gasteiger partial charge is 0.490 e. The molecule has 0 bridgehead atoms. The Labute approximate surface area is 124 Å². The van der Waals surface area contributed by atoms with Crippen LogP contribution in [0.1, 0.15) is 0 Å². The van der Waals surface area contributed by atoms with Crippen LogP contribution in [0.4, 0.5) is 4.39 Å². The van der Waals surface area contributed by atoms with Crippen LogP contribution in [-0.4, -0.2) is 13.2 Å². The zero-order valence-corrected chi connectivity index (χ0v) is 12.2. The number of hydrogen-bond acceptors (Lipinski definition) is 2. The minimum absolute atomic E-state index is 0.0574. The molecule has 0 heterocycles. The predicted octanol–water partition coefficient (Wildman–Crippen LogP) is 4.70. The summed E-state index contributed by atoms with van der Waals surface area (Å²) in [4.78, 5) is 0. The third-order valence-corrected chi connectivity index (χ3v) is 3.10. The van der Waals surface area contributed by atoms with Crippen molar-refractivity contribution in [1.82, 2.24) is 0 Å². The van der Waals surface area contributed by atoms with E-state index in [1.165, 1.54) is 12.1 Å². The van der Waals surface area contributed by atoms with Crippen LogP contribution in [0.15, 0.2) is 46.9 Å². The first-order chi connectivity index (χ1) is 9.16. The topological polar surface area (TPSA) is 18.5 Å². The summed E-state index contributed by atoms with van der Waals surface area (Å²) in [7, 11) is 0. The van der Waals surface area contributed by atoms with Gasteiger partial charge in [0.1, 0.15) is 19.0 Å². The second-order valence-electron chi connectivity index (χ2n) is 3.71. The summed E-state index contributed by atoms with van der Waals surface area (Å²) in [6.07, 6.45) is 0. The lowest BCUT2D eigenvalue weighted by atomic mass is 10.3. The highest BCUT2D eigenvalue weighted by Crippen LogP contribution is 2.27. The van der Waals surface area contributed by atoms with Crippen LogP contribution < -0.4 is 9.47 Å². The summed E-state index contributed by atoms with van der Waals surface area (Å²) < 4.78 is 25.1. The number of hydrogen-bond donors (Lipinski definition) is 0. The van der Waals surface area contributed by atoms with Gasteiger partial charge in [-0.25, -0.2) is 4.39 Å². The lowest BCUT2D eigenvalue weighted by Gasteiger charge is -2.10. The molecular formula is C14H11BrClFO2. The van der Waals surface area contributed by atoms with Gasteiger partial charge in [-0.05, 0) is 30.3 Å². The van der Waals surface area contributed by atoms with Gasteiger partial charge >= 0.3 is 0 Å². The van der Waals surface area contributed by atoms with E-state index in [1.54, 1.807) is 6.07 Å². The first kappa shape index (κ1) is 14.2. The molecule has 2 rings (SSSR count). The lowest BCUT2D eigenvalue weighted by molar-refractivity contribution is 0.211. The molecule has 100 valence electrons. The molecule has 0 fully saturated rings. The van der Waals surface area contributed by atoms with Crippen molar-refractivity contribution in [2.75, 3.05) is 13.2 Å². The summed E-state index contributed by atoms with van der Waals surface area (Å²) in [5.74, 6) is 0.301. The smallest absolute Gasteiger partial charge is 0.173 e. The Morgan fingerprint density at radius 3 is 2.53 bits per heavy atom. The summed E-state index contributed by atoms with van der Waals surface area (Å²) in [6.45, 7) is 0.522. The van der Waals surface area contributed by atoms with Crippen molar-refractivity contribution in [2.45, 2.75) is 0 Å². The molecule has 0 aliphatic carbocycles. The highest BCUT2D eigenvalue weighted by molar-refractivity contribution is 9.10. The number of halogens is 3. The van der Waals surface area contributed by atoms with Gasteiger partial charge in [-0.3, -0.25) is 0 Å². The third-order valence-electron chi connectivity index (χ3n) is 2.31. The van der Waals surface area contributed by atoms with Crippen LogP contribution in [0.3, 0.4) is 0 Å². The summed E-state index contributed by atoms with van der Waals surface area (Å²) in [6, 6.07) is 11.9. The van der Waals surface area contributed by atoms with Crippen molar-refractivity contribution in [1.29, 1.82) is 0 Å². The maximum atomic E-state index is 13.4. The molecule has 0 aliphatic heterocycles. The van der Waals surface area contributed by atoms with Crippen LogP contribution in [0.5, 0.6) is 11.5 Å². The molecule has 0 saturated heterocycles. The molecular weight excluding hydrogens is 335 g/mol. The molecule has 2 nitrogen and oxygen atoms in total. The molecule has 0 saturated carbocycles. The van der Waals surface area contributed by atoms with Crippen LogP contribution in [0.25, 0.3) is 0 Å². The van der Waals surface area contributed by atoms with E-state index >= 15 is 0 Å². The lowest BCUT2D eigenvalue weighted by Crippen LogP contribution is -2.10. The Hall–Kier alpha value is -1.26. The molecule has 19 heavy (non-hydrogen) atoms. The van der Waals surface area contributed by atoms with Crippen molar-refractivity contribution in [2.24, 2.45) is 0 Å². The van der Waals surface area contributed by atoms with E-state index in [-0.39, 0.29) is 17.4 Å². The average molecular weight is 346 g/mol. The minimum atomic E-state index is -0.477. The van der Waals surface area contributed by atoms with E-state index in [1.807, 2.05) is 24.3 Å². The highest BCUT2D eigenvalue weighted by atomic mass is 79.9. The first-order valence-corrected chi connectivity index (χ1v) is 6.79. The van der Waals surface area contributed by atoms with Gasteiger partial charge in [0.05, 0.1) is 5.02 Å². The van der Waals surface area contributed by atoms with E-state index < -0.39 is 5.82 Å². The second-order valence-corrected chi connectivity index (χ2v) is 5.03. The average Bonchev–Trinajstić information content (AvgIpc) is 2.37. The van der Waals surface area contributed by atoms with Crippen molar-refractivity contribution in [3.05, 3.63) is 57.8 Å². The molecule has 0 amide bonds. The minimum Gasteiger partial charge on any atom is -0.490 e. The van der Waals surface area contributed by atoms with Gasteiger partial charge in [0.25, 0.3) is 0 Å². The van der Waals surface area contributed by atoms with Gasteiger partial charge in [-0.2, -0.15) is 0 Å².